The fourth-order valence-electron chi connectivity index (χ4n) is 1.84. The van der Waals surface area contributed by atoms with Gasteiger partial charge in [-0.05, 0) is 23.3 Å². The van der Waals surface area contributed by atoms with Crippen LogP contribution in [0.1, 0.15) is 11.1 Å². The summed E-state index contributed by atoms with van der Waals surface area (Å²) >= 11 is 0. The number of hydrogen-bond acceptors (Lipinski definition) is 3. The summed E-state index contributed by atoms with van der Waals surface area (Å²) in [6, 6.07) is 18.2. The maximum atomic E-state index is 6.01. The first-order chi connectivity index (χ1) is 8.78. The lowest BCUT2D eigenvalue weighted by Crippen LogP contribution is -2.29. The highest BCUT2D eigenvalue weighted by Crippen LogP contribution is 2.13. The molecule has 0 amide bonds. The van der Waals surface area contributed by atoms with Crippen molar-refractivity contribution in [1.29, 1.82) is 0 Å². The molecule has 0 spiro atoms. The first-order valence-electron chi connectivity index (χ1n) is 5.94. The van der Waals surface area contributed by atoms with Gasteiger partial charge in [0.25, 0.3) is 0 Å². The van der Waals surface area contributed by atoms with Crippen molar-refractivity contribution in [1.82, 2.24) is 5.01 Å². The molecule has 2 aromatic rings. The number of benzene rings is 2. The summed E-state index contributed by atoms with van der Waals surface area (Å²) < 4.78 is 5.12. The van der Waals surface area contributed by atoms with Gasteiger partial charge in [-0.25, -0.2) is 5.01 Å². The number of methoxy groups -OCH3 is 1. The standard InChI is InChI=1S/C15H18N2O/c1-18-15-9-7-14(8-10-15)12-17(16)11-13-5-3-2-4-6-13/h2-10H,11-12,16H2,1H3. The average molecular weight is 242 g/mol. The third-order valence-corrected chi connectivity index (χ3v) is 2.77. The van der Waals surface area contributed by atoms with Gasteiger partial charge in [0.15, 0.2) is 0 Å². The van der Waals surface area contributed by atoms with E-state index in [2.05, 4.69) is 12.1 Å². The van der Waals surface area contributed by atoms with Gasteiger partial charge >= 0.3 is 0 Å². The Morgan fingerprint density at radius 2 is 1.44 bits per heavy atom. The number of hydrogen-bond donors (Lipinski definition) is 1. The van der Waals surface area contributed by atoms with Gasteiger partial charge in [-0.15, -0.1) is 0 Å². The minimum atomic E-state index is 0.721. The summed E-state index contributed by atoms with van der Waals surface area (Å²) in [5, 5.41) is 1.80. The van der Waals surface area contributed by atoms with Crippen LogP contribution in [0.3, 0.4) is 0 Å². The summed E-state index contributed by atoms with van der Waals surface area (Å²) in [7, 11) is 1.67. The molecule has 0 fully saturated rings. The van der Waals surface area contributed by atoms with Crippen LogP contribution in [0.15, 0.2) is 54.6 Å². The number of rotatable bonds is 5. The zero-order chi connectivity index (χ0) is 12.8. The average Bonchev–Trinajstić information content (AvgIpc) is 2.40. The van der Waals surface area contributed by atoms with Crippen LogP contribution >= 0.6 is 0 Å². The smallest absolute Gasteiger partial charge is 0.118 e. The molecule has 2 rings (SSSR count). The highest BCUT2D eigenvalue weighted by Gasteiger charge is 2.02. The van der Waals surface area contributed by atoms with Gasteiger partial charge in [-0.3, -0.25) is 5.84 Å². The van der Waals surface area contributed by atoms with Gasteiger partial charge in [0.05, 0.1) is 7.11 Å². The Kier molecular flexibility index (Phi) is 4.34. The Morgan fingerprint density at radius 3 is 2.00 bits per heavy atom. The summed E-state index contributed by atoms with van der Waals surface area (Å²) in [5.41, 5.74) is 2.39. The molecule has 3 nitrogen and oxygen atoms in total. The van der Waals surface area contributed by atoms with Crippen LogP contribution in [0.5, 0.6) is 5.75 Å². The van der Waals surface area contributed by atoms with Gasteiger partial charge in [0.2, 0.25) is 0 Å². The molecule has 0 atom stereocenters. The first-order valence-corrected chi connectivity index (χ1v) is 5.94. The van der Waals surface area contributed by atoms with E-state index in [0.717, 1.165) is 18.8 Å². The minimum Gasteiger partial charge on any atom is -0.497 e. The molecule has 0 unspecified atom stereocenters. The van der Waals surface area contributed by atoms with Gasteiger partial charge < -0.3 is 4.74 Å². The van der Waals surface area contributed by atoms with Crippen LogP contribution in [0.2, 0.25) is 0 Å². The van der Waals surface area contributed by atoms with E-state index < -0.39 is 0 Å². The van der Waals surface area contributed by atoms with Crippen molar-refractivity contribution in [2.45, 2.75) is 13.1 Å². The van der Waals surface area contributed by atoms with Crippen LogP contribution < -0.4 is 10.6 Å². The molecular formula is C15H18N2O. The SMILES string of the molecule is COc1ccc(CN(N)Cc2ccccc2)cc1. The van der Waals surface area contributed by atoms with Gasteiger partial charge in [0, 0.05) is 13.1 Å². The molecule has 0 aromatic heterocycles. The number of nitrogens with zero attached hydrogens (tertiary/aromatic N) is 1. The van der Waals surface area contributed by atoms with E-state index in [1.807, 2.05) is 42.5 Å². The number of ether oxygens (including phenoxy) is 1. The third-order valence-electron chi connectivity index (χ3n) is 2.77. The van der Waals surface area contributed by atoms with Crippen molar-refractivity contribution >= 4 is 0 Å². The van der Waals surface area contributed by atoms with E-state index in [4.69, 9.17) is 10.6 Å². The highest BCUT2D eigenvalue weighted by molar-refractivity contribution is 5.27. The summed E-state index contributed by atoms with van der Waals surface area (Å²) in [5.74, 6) is 6.88. The van der Waals surface area contributed by atoms with Crippen LogP contribution in [0, 0.1) is 0 Å². The molecule has 2 N–H and O–H groups in total. The maximum Gasteiger partial charge on any atom is 0.118 e. The second-order valence-electron chi connectivity index (χ2n) is 4.24. The van der Waals surface area contributed by atoms with Crippen molar-refractivity contribution in [3.05, 3.63) is 65.7 Å². The normalized spacial score (nSPS) is 10.6. The van der Waals surface area contributed by atoms with Crippen molar-refractivity contribution < 1.29 is 4.74 Å². The molecule has 0 aliphatic heterocycles. The van der Waals surface area contributed by atoms with Crippen molar-refractivity contribution in [2.24, 2.45) is 5.84 Å². The van der Waals surface area contributed by atoms with Crippen molar-refractivity contribution in [3.63, 3.8) is 0 Å². The summed E-state index contributed by atoms with van der Waals surface area (Å²) in [4.78, 5) is 0. The van der Waals surface area contributed by atoms with Gasteiger partial charge in [-0.1, -0.05) is 42.5 Å². The van der Waals surface area contributed by atoms with E-state index in [1.54, 1.807) is 12.1 Å². The van der Waals surface area contributed by atoms with Crippen LogP contribution in [0.4, 0.5) is 0 Å². The number of hydrazine groups is 1. The topological polar surface area (TPSA) is 38.5 Å². The molecular weight excluding hydrogens is 224 g/mol. The van der Waals surface area contributed by atoms with Crippen LogP contribution in [-0.4, -0.2) is 12.1 Å². The predicted molar refractivity (Wildman–Crippen MR) is 72.9 cm³/mol. The molecule has 0 saturated heterocycles. The monoisotopic (exact) mass is 242 g/mol. The molecule has 3 heteroatoms. The molecule has 94 valence electrons. The molecule has 2 aromatic carbocycles. The Hall–Kier alpha value is -1.84. The zero-order valence-electron chi connectivity index (χ0n) is 10.5. The van der Waals surface area contributed by atoms with Crippen molar-refractivity contribution in [3.8, 4) is 5.75 Å². The lowest BCUT2D eigenvalue weighted by molar-refractivity contribution is 0.266. The fraction of sp³-hybridized carbons (Fsp3) is 0.200. The molecule has 0 radical (unpaired) electrons. The summed E-state index contributed by atoms with van der Waals surface area (Å²) in [6.45, 7) is 1.46. The molecule has 0 heterocycles. The number of nitrogens with two attached hydrogens (primary N) is 1. The molecule has 0 aliphatic carbocycles. The zero-order valence-corrected chi connectivity index (χ0v) is 10.5. The maximum absolute atomic E-state index is 6.01. The molecule has 0 bridgehead atoms. The van der Waals surface area contributed by atoms with E-state index in [1.165, 1.54) is 11.1 Å². The Bertz CT molecular complexity index is 468. The summed E-state index contributed by atoms with van der Waals surface area (Å²) in [6.07, 6.45) is 0. The van der Waals surface area contributed by atoms with Gasteiger partial charge in [-0.2, -0.15) is 0 Å². The van der Waals surface area contributed by atoms with Crippen LogP contribution in [-0.2, 0) is 13.1 Å². The molecule has 18 heavy (non-hydrogen) atoms. The van der Waals surface area contributed by atoms with Gasteiger partial charge in [0.1, 0.15) is 5.75 Å². The Labute approximate surface area is 108 Å². The predicted octanol–water partition coefficient (Wildman–Crippen LogP) is 2.57. The van der Waals surface area contributed by atoms with E-state index in [9.17, 15) is 0 Å². The quantitative estimate of drug-likeness (QED) is 0.647. The van der Waals surface area contributed by atoms with E-state index >= 15 is 0 Å². The Balaban J connectivity index is 1.92. The first kappa shape index (κ1) is 12.6. The van der Waals surface area contributed by atoms with Crippen molar-refractivity contribution in [2.75, 3.05) is 7.11 Å². The largest absolute Gasteiger partial charge is 0.497 e. The third kappa shape index (κ3) is 3.58. The van der Waals surface area contributed by atoms with E-state index in [-0.39, 0.29) is 0 Å². The second kappa shape index (κ2) is 6.19. The van der Waals surface area contributed by atoms with Crippen LogP contribution in [0.25, 0.3) is 0 Å². The second-order valence-corrected chi connectivity index (χ2v) is 4.24. The lowest BCUT2D eigenvalue weighted by Gasteiger charge is -2.16. The Morgan fingerprint density at radius 1 is 0.889 bits per heavy atom. The fourth-order valence-corrected chi connectivity index (χ4v) is 1.84. The molecule has 0 aliphatic rings. The lowest BCUT2D eigenvalue weighted by atomic mass is 10.2. The highest BCUT2D eigenvalue weighted by atomic mass is 16.5. The molecule has 0 saturated carbocycles. The minimum absolute atomic E-state index is 0.721. The van der Waals surface area contributed by atoms with E-state index in [0.29, 0.717) is 0 Å².